The van der Waals surface area contributed by atoms with Crippen molar-refractivity contribution in [3.8, 4) is 0 Å². The molecule has 0 radical (unpaired) electrons. The van der Waals surface area contributed by atoms with E-state index in [1.165, 1.54) is 50.5 Å². The van der Waals surface area contributed by atoms with Gasteiger partial charge in [0.2, 0.25) is 0 Å². The molecule has 1 heterocycles. The fourth-order valence-corrected chi connectivity index (χ4v) is 3.51. The van der Waals surface area contributed by atoms with Gasteiger partial charge in [-0.2, -0.15) is 0 Å². The first kappa shape index (κ1) is 15.0. The van der Waals surface area contributed by atoms with Crippen LogP contribution in [0.1, 0.15) is 57.8 Å². The maximum absolute atomic E-state index is 6.38. The highest BCUT2D eigenvalue weighted by Gasteiger charge is 2.40. The summed E-state index contributed by atoms with van der Waals surface area (Å²) in [6.07, 6.45) is 13.7. The van der Waals surface area contributed by atoms with Crippen LogP contribution in [0.15, 0.2) is 11.6 Å². The molecule has 2 rings (SSSR count). The zero-order chi connectivity index (χ0) is 13.6. The smallest absolute Gasteiger partial charge is 0.0767 e. The van der Waals surface area contributed by atoms with Crippen LogP contribution in [0.25, 0.3) is 0 Å². The second-order valence-corrected chi connectivity index (χ2v) is 6.09. The largest absolute Gasteiger partial charge is 0.380 e. The minimum atomic E-state index is 0.214. The first-order chi connectivity index (χ1) is 9.28. The van der Waals surface area contributed by atoms with Crippen molar-refractivity contribution in [2.75, 3.05) is 20.3 Å². The third-order valence-corrected chi connectivity index (χ3v) is 4.50. The summed E-state index contributed by atoms with van der Waals surface area (Å²) in [5.74, 6) is 0. The third kappa shape index (κ3) is 4.30. The quantitative estimate of drug-likeness (QED) is 0.752. The molecule has 1 unspecified atom stereocenters. The average molecular weight is 267 g/mol. The van der Waals surface area contributed by atoms with Crippen LogP contribution in [0.5, 0.6) is 0 Å². The number of ether oxygens (including phenoxy) is 2. The average Bonchev–Trinajstić information content (AvgIpc) is 2.80. The normalized spacial score (nSPS) is 27.1. The lowest BCUT2D eigenvalue weighted by atomic mass is 9.83. The molecule has 2 fully saturated rings. The third-order valence-electron chi connectivity index (χ3n) is 4.50. The van der Waals surface area contributed by atoms with Crippen molar-refractivity contribution in [3.05, 3.63) is 11.6 Å². The Hall–Kier alpha value is -0.380. The van der Waals surface area contributed by atoms with E-state index >= 15 is 0 Å². The molecule has 1 aliphatic heterocycles. The van der Waals surface area contributed by atoms with Gasteiger partial charge in [0.05, 0.1) is 18.3 Å². The first-order valence-corrected chi connectivity index (χ1v) is 7.84. The molecule has 1 saturated carbocycles. The lowest BCUT2D eigenvalue weighted by molar-refractivity contribution is -0.0485. The lowest BCUT2D eigenvalue weighted by Gasteiger charge is -2.33. The van der Waals surface area contributed by atoms with E-state index < -0.39 is 0 Å². The number of nitrogens with two attached hydrogens (primary N) is 1. The van der Waals surface area contributed by atoms with E-state index in [1.54, 1.807) is 7.11 Å². The van der Waals surface area contributed by atoms with E-state index in [4.69, 9.17) is 15.2 Å². The molecule has 1 saturated heterocycles. The monoisotopic (exact) mass is 267 g/mol. The van der Waals surface area contributed by atoms with Crippen LogP contribution in [-0.4, -0.2) is 32.0 Å². The molecule has 0 aromatic heterocycles. The lowest BCUT2D eigenvalue weighted by Crippen LogP contribution is -2.31. The Morgan fingerprint density at radius 3 is 2.79 bits per heavy atom. The van der Waals surface area contributed by atoms with Gasteiger partial charge in [-0.15, -0.1) is 0 Å². The van der Waals surface area contributed by atoms with Gasteiger partial charge in [0.1, 0.15) is 0 Å². The molecule has 110 valence electrons. The predicted molar refractivity (Wildman–Crippen MR) is 78.2 cm³/mol. The maximum atomic E-state index is 6.38. The molecular weight excluding hydrogens is 238 g/mol. The molecule has 0 aromatic rings. The molecule has 1 aliphatic carbocycles. The van der Waals surface area contributed by atoms with Gasteiger partial charge in [0.25, 0.3) is 0 Å². The SMILES string of the molecule is COCC(=CC1CCC2(CCCCC2)O1)CCCN. The number of methoxy groups -OCH3 is 1. The summed E-state index contributed by atoms with van der Waals surface area (Å²) in [6.45, 7) is 1.46. The van der Waals surface area contributed by atoms with Crippen LogP contribution in [0, 0.1) is 0 Å². The molecule has 2 aliphatic rings. The van der Waals surface area contributed by atoms with Crippen molar-refractivity contribution < 1.29 is 9.47 Å². The Morgan fingerprint density at radius 1 is 1.32 bits per heavy atom. The summed E-state index contributed by atoms with van der Waals surface area (Å²) >= 11 is 0. The number of rotatable bonds is 6. The molecule has 0 aromatic carbocycles. The highest BCUT2D eigenvalue weighted by molar-refractivity contribution is 5.09. The Bertz CT molecular complexity index is 295. The van der Waals surface area contributed by atoms with Gasteiger partial charge in [0, 0.05) is 7.11 Å². The molecule has 1 spiro atoms. The summed E-state index contributed by atoms with van der Waals surface area (Å²) in [7, 11) is 1.76. The highest BCUT2D eigenvalue weighted by Crippen LogP contribution is 2.42. The van der Waals surface area contributed by atoms with Crippen molar-refractivity contribution >= 4 is 0 Å². The molecule has 0 amide bonds. The second kappa shape index (κ2) is 7.41. The van der Waals surface area contributed by atoms with Crippen molar-refractivity contribution in [2.45, 2.75) is 69.5 Å². The number of hydrogen-bond donors (Lipinski definition) is 1. The van der Waals surface area contributed by atoms with E-state index in [0.717, 1.165) is 19.4 Å². The Labute approximate surface area is 117 Å². The van der Waals surface area contributed by atoms with E-state index in [1.807, 2.05) is 0 Å². The minimum absolute atomic E-state index is 0.214. The van der Waals surface area contributed by atoms with Crippen molar-refractivity contribution in [2.24, 2.45) is 5.73 Å². The molecule has 2 N–H and O–H groups in total. The van der Waals surface area contributed by atoms with Crippen molar-refractivity contribution in [1.82, 2.24) is 0 Å². The van der Waals surface area contributed by atoms with Crippen LogP contribution >= 0.6 is 0 Å². The Morgan fingerprint density at radius 2 is 2.11 bits per heavy atom. The standard InChI is InChI=1S/C16H29NO2/c1-18-13-14(6-5-11-17)12-15-7-10-16(19-15)8-3-2-4-9-16/h12,15H,2-11,13,17H2,1H3. The van der Waals surface area contributed by atoms with E-state index in [0.29, 0.717) is 12.7 Å². The van der Waals surface area contributed by atoms with Gasteiger partial charge in [0.15, 0.2) is 0 Å². The van der Waals surface area contributed by atoms with Gasteiger partial charge < -0.3 is 15.2 Å². The minimum Gasteiger partial charge on any atom is -0.380 e. The van der Waals surface area contributed by atoms with E-state index in [-0.39, 0.29) is 5.60 Å². The van der Waals surface area contributed by atoms with Crippen LogP contribution < -0.4 is 5.73 Å². The molecule has 3 heteroatoms. The summed E-state index contributed by atoms with van der Waals surface area (Å²) < 4.78 is 11.7. The fraction of sp³-hybridized carbons (Fsp3) is 0.875. The maximum Gasteiger partial charge on any atom is 0.0767 e. The van der Waals surface area contributed by atoms with Gasteiger partial charge in [-0.25, -0.2) is 0 Å². The molecule has 0 bridgehead atoms. The summed E-state index contributed by atoms with van der Waals surface area (Å²) in [4.78, 5) is 0. The fourth-order valence-electron chi connectivity index (χ4n) is 3.51. The van der Waals surface area contributed by atoms with Gasteiger partial charge in [-0.05, 0) is 50.6 Å². The summed E-state index contributed by atoms with van der Waals surface area (Å²) in [5.41, 5.74) is 7.16. The molecule has 3 nitrogen and oxygen atoms in total. The van der Waals surface area contributed by atoms with Crippen LogP contribution in [0.3, 0.4) is 0 Å². The van der Waals surface area contributed by atoms with Gasteiger partial charge >= 0.3 is 0 Å². The topological polar surface area (TPSA) is 44.5 Å². The first-order valence-electron chi connectivity index (χ1n) is 7.84. The van der Waals surface area contributed by atoms with Gasteiger partial charge in [-0.1, -0.05) is 25.3 Å². The van der Waals surface area contributed by atoms with Crippen molar-refractivity contribution in [1.29, 1.82) is 0 Å². The zero-order valence-corrected chi connectivity index (χ0v) is 12.3. The Kier molecular flexibility index (Phi) is 5.86. The molecular formula is C16H29NO2. The predicted octanol–water partition coefficient (Wildman–Crippen LogP) is 3.18. The van der Waals surface area contributed by atoms with E-state index in [9.17, 15) is 0 Å². The molecule has 19 heavy (non-hydrogen) atoms. The molecule has 1 atom stereocenters. The van der Waals surface area contributed by atoms with E-state index in [2.05, 4.69) is 6.08 Å². The van der Waals surface area contributed by atoms with Crippen LogP contribution in [-0.2, 0) is 9.47 Å². The van der Waals surface area contributed by atoms with Crippen molar-refractivity contribution in [3.63, 3.8) is 0 Å². The van der Waals surface area contributed by atoms with Crippen LogP contribution in [0.2, 0.25) is 0 Å². The second-order valence-electron chi connectivity index (χ2n) is 6.09. The summed E-state index contributed by atoms with van der Waals surface area (Å²) in [5, 5.41) is 0. The summed E-state index contributed by atoms with van der Waals surface area (Å²) in [6, 6.07) is 0. The van der Waals surface area contributed by atoms with Crippen LogP contribution in [0.4, 0.5) is 0 Å². The highest BCUT2D eigenvalue weighted by atomic mass is 16.5. The van der Waals surface area contributed by atoms with Gasteiger partial charge in [-0.3, -0.25) is 0 Å². The number of hydrogen-bond acceptors (Lipinski definition) is 3. The Balaban J connectivity index is 1.90. The zero-order valence-electron chi connectivity index (χ0n) is 12.3.